The molecule has 0 saturated carbocycles. The first-order valence-electron chi connectivity index (χ1n) is 8.91. The second-order valence-corrected chi connectivity index (χ2v) is 7.97. The number of carbonyl (C=O) groups is 1. The van der Waals surface area contributed by atoms with Crippen LogP contribution in [0, 0.1) is 0 Å². The normalized spacial score (nSPS) is 10.7. The molecule has 26 heavy (non-hydrogen) atoms. The van der Waals surface area contributed by atoms with E-state index in [9.17, 15) is 4.79 Å². The van der Waals surface area contributed by atoms with Crippen LogP contribution in [0.25, 0.3) is 0 Å². The highest BCUT2D eigenvalue weighted by Gasteiger charge is 2.28. The highest BCUT2D eigenvalue weighted by atomic mass is 32.2. The van der Waals surface area contributed by atoms with Gasteiger partial charge in [-0.15, -0.1) is 0 Å². The van der Waals surface area contributed by atoms with Crippen molar-refractivity contribution in [3.05, 3.63) is 90.5 Å². The first-order chi connectivity index (χ1) is 12.8. The molecule has 3 aromatic carbocycles. The Labute approximate surface area is 158 Å². The maximum atomic E-state index is 12.1. The predicted octanol–water partition coefficient (Wildman–Crippen LogP) is 5.74. The van der Waals surface area contributed by atoms with Crippen LogP contribution in [0.2, 0.25) is 0 Å². The average Bonchev–Trinajstić information content (AvgIpc) is 2.70. The van der Waals surface area contributed by atoms with Crippen LogP contribution in [0.3, 0.4) is 0 Å². The molecule has 0 fully saturated rings. The molecule has 0 saturated heterocycles. The third kappa shape index (κ3) is 4.55. The molecule has 0 aliphatic carbocycles. The van der Waals surface area contributed by atoms with Gasteiger partial charge in [0.25, 0.3) is 0 Å². The highest BCUT2D eigenvalue weighted by Crippen LogP contribution is 2.31. The number of unbranched alkanes of at least 4 members (excludes halogenated alkanes) is 1. The van der Waals surface area contributed by atoms with E-state index in [2.05, 4.69) is 55.5 Å². The van der Waals surface area contributed by atoms with Gasteiger partial charge in [0.2, 0.25) is 0 Å². The lowest BCUT2D eigenvalue weighted by atomic mass is 10.2. The Hall–Kier alpha value is -2.52. The number of esters is 1. The standard InChI is InChI=1S/C23H23O2S/c1-2-3-18-25-23(24)19-14-16-22(17-15-19)26(20-10-6-4-7-11-20)21-12-8-5-9-13-21/h4-17H,2-3,18H2,1H3/q+1. The fourth-order valence-corrected chi connectivity index (χ4v) is 4.72. The lowest BCUT2D eigenvalue weighted by molar-refractivity contribution is 0.0499. The van der Waals surface area contributed by atoms with Crippen molar-refractivity contribution < 1.29 is 9.53 Å². The van der Waals surface area contributed by atoms with Gasteiger partial charge >= 0.3 is 5.97 Å². The van der Waals surface area contributed by atoms with Crippen LogP contribution in [-0.2, 0) is 15.6 Å². The van der Waals surface area contributed by atoms with E-state index in [0.29, 0.717) is 12.2 Å². The molecule has 0 radical (unpaired) electrons. The van der Waals surface area contributed by atoms with Gasteiger partial charge in [0, 0.05) is 0 Å². The number of ether oxygens (including phenoxy) is 1. The van der Waals surface area contributed by atoms with Crippen molar-refractivity contribution in [3.8, 4) is 0 Å². The summed E-state index contributed by atoms with van der Waals surface area (Å²) in [5, 5.41) is 0. The zero-order chi connectivity index (χ0) is 18.2. The van der Waals surface area contributed by atoms with Crippen LogP contribution in [0.4, 0.5) is 0 Å². The Morgan fingerprint density at radius 2 is 1.27 bits per heavy atom. The van der Waals surface area contributed by atoms with E-state index in [1.807, 2.05) is 36.4 Å². The van der Waals surface area contributed by atoms with Crippen LogP contribution in [0.1, 0.15) is 30.1 Å². The minimum absolute atomic E-state index is 0.195. The smallest absolute Gasteiger partial charge is 0.338 e. The molecule has 0 heterocycles. The van der Waals surface area contributed by atoms with Crippen molar-refractivity contribution in [1.29, 1.82) is 0 Å². The van der Waals surface area contributed by atoms with Crippen LogP contribution in [0.15, 0.2) is 99.6 Å². The molecule has 0 amide bonds. The first kappa shape index (κ1) is 18.3. The zero-order valence-electron chi connectivity index (χ0n) is 14.9. The van der Waals surface area contributed by atoms with Gasteiger partial charge in [0.1, 0.15) is 0 Å². The zero-order valence-corrected chi connectivity index (χ0v) is 15.7. The average molecular weight is 364 g/mol. The Morgan fingerprint density at radius 1 is 0.769 bits per heavy atom. The quantitative estimate of drug-likeness (QED) is 0.304. The van der Waals surface area contributed by atoms with Gasteiger partial charge in [0.05, 0.1) is 23.1 Å². The van der Waals surface area contributed by atoms with E-state index in [-0.39, 0.29) is 16.9 Å². The van der Waals surface area contributed by atoms with E-state index in [1.165, 1.54) is 14.7 Å². The van der Waals surface area contributed by atoms with Gasteiger partial charge in [-0.05, 0) is 55.0 Å². The minimum atomic E-state index is -0.246. The van der Waals surface area contributed by atoms with Crippen molar-refractivity contribution in [2.45, 2.75) is 34.5 Å². The van der Waals surface area contributed by atoms with E-state index in [0.717, 1.165) is 12.8 Å². The summed E-state index contributed by atoms with van der Waals surface area (Å²) < 4.78 is 5.30. The molecule has 3 aromatic rings. The Morgan fingerprint density at radius 3 is 1.77 bits per heavy atom. The molecule has 3 heteroatoms. The van der Waals surface area contributed by atoms with E-state index in [4.69, 9.17) is 4.74 Å². The number of carbonyl (C=O) groups excluding carboxylic acids is 1. The summed E-state index contributed by atoms with van der Waals surface area (Å²) in [6.45, 7) is 2.56. The van der Waals surface area contributed by atoms with Crippen molar-refractivity contribution in [2.75, 3.05) is 6.61 Å². The molecule has 0 N–H and O–H groups in total. The molecule has 0 aliphatic heterocycles. The van der Waals surface area contributed by atoms with E-state index >= 15 is 0 Å². The molecule has 0 atom stereocenters. The van der Waals surface area contributed by atoms with Crippen molar-refractivity contribution in [3.63, 3.8) is 0 Å². The maximum Gasteiger partial charge on any atom is 0.338 e. The van der Waals surface area contributed by atoms with Crippen molar-refractivity contribution >= 4 is 16.9 Å². The van der Waals surface area contributed by atoms with Gasteiger partial charge < -0.3 is 4.74 Å². The second-order valence-electron chi connectivity index (χ2n) is 5.95. The lowest BCUT2D eigenvalue weighted by Gasteiger charge is -2.09. The molecule has 2 nitrogen and oxygen atoms in total. The van der Waals surface area contributed by atoms with Crippen LogP contribution >= 0.6 is 0 Å². The summed E-state index contributed by atoms with van der Waals surface area (Å²) in [5.74, 6) is -0.246. The largest absolute Gasteiger partial charge is 0.462 e. The monoisotopic (exact) mass is 363 g/mol. The molecule has 0 spiro atoms. The summed E-state index contributed by atoms with van der Waals surface area (Å²) in [7, 11) is -0.195. The molecule has 0 aromatic heterocycles. The number of rotatable bonds is 7. The fraction of sp³-hybridized carbons (Fsp3) is 0.174. The van der Waals surface area contributed by atoms with Gasteiger partial charge in [-0.3, -0.25) is 0 Å². The second kappa shape index (κ2) is 9.25. The summed E-state index contributed by atoms with van der Waals surface area (Å²) in [6.07, 6.45) is 1.92. The molecule has 0 bridgehead atoms. The molecule has 132 valence electrons. The van der Waals surface area contributed by atoms with Crippen LogP contribution in [0.5, 0.6) is 0 Å². The molecule has 0 aliphatic rings. The summed E-state index contributed by atoms with van der Waals surface area (Å²) in [4.78, 5) is 15.8. The lowest BCUT2D eigenvalue weighted by Crippen LogP contribution is -2.08. The third-order valence-corrected chi connectivity index (χ3v) is 6.25. The third-order valence-electron chi connectivity index (χ3n) is 4.01. The minimum Gasteiger partial charge on any atom is -0.462 e. The Bertz CT molecular complexity index is 774. The molecule has 0 unspecified atom stereocenters. The van der Waals surface area contributed by atoms with Gasteiger partial charge in [0.15, 0.2) is 14.7 Å². The van der Waals surface area contributed by atoms with Gasteiger partial charge in [-0.1, -0.05) is 49.7 Å². The summed E-state index contributed by atoms with van der Waals surface area (Å²) in [5.41, 5.74) is 0.606. The number of hydrogen-bond acceptors (Lipinski definition) is 2. The SMILES string of the molecule is CCCCOC(=O)c1ccc([S+](c2ccccc2)c2ccccc2)cc1. The van der Waals surface area contributed by atoms with Crippen LogP contribution in [-0.4, -0.2) is 12.6 Å². The van der Waals surface area contributed by atoms with E-state index in [1.54, 1.807) is 0 Å². The topological polar surface area (TPSA) is 26.3 Å². The van der Waals surface area contributed by atoms with Gasteiger partial charge in [-0.2, -0.15) is 0 Å². The molecule has 3 rings (SSSR count). The first-order valence-corrected chi connectivity index (χ1v) is 10.1. The molecular formula is C23H23O2S+. The maximum absolute atomic E-state index is 12.1. The number of benzene rings is 3. The summed E-state index contributed by atoms with van der Waals surface area (Å²) in [6, 6.07) is 28.8. The van der Waals surface area contributed by atoms with Crippen molar-refractivity contribution in [2.24, 2.45) is 0 Å². The number of hydrogen-bond donors (Lipinski definition) is 0. The Kier molecular flexibility index (Phi) is 6.50. The Balaban J connectivity index is 1.87. The van der Waals surface area contributed by atoms with Crippen LogP contribution < -0.4 is 0 Å². The van der Waals surface area contributed by atoms with E-state index < -0.39 is 0 Å². The summed E-state index contributed by atoms with van der Waals surface area (Å²) >= 11 is 0. The highest BCUT2D eigenvalue weighted by molar-refractivity contribution is 7.97. The molecular weight excluding hydrogens is 340 g/mol. The van der Waals surface area contributed by atoms with Crippen molar-refractivity contribution in [1.82, 2.24) is 0 Å². The predicted molar refractivity (Wildman–Crippen MR) is 107 cm³/mol. The van der Waals surface area contributed by atoms with Gasteiger partial charge in [-0.25, -0.2) is 4.79 Å². The fourth-order valence-electron chi connectivity index (χ4n) is 2.64.